The average molecular weight is 325 g/mol. The monoisotopic (exact) mass is 325 g/mol. The molecule has 1 fully saturated rings. The number of benzene rings is 1. The van der Waals surface area contributed by atoms with Crippen molar-refractivity contribution in [1.82, 2.24) is 9.88 Å². The molecule has 1 N–H and O–H groups in total. The number of nitrogens with one attached hydrogen (secondary N) is 1. The molecule has 1 amide bonds. The Bertz CT molecular complexity index is 869. The van der Waals surface area contributed by atoms with Gasteiger partial charge in [0.15, 0.2) is 0 Å². The first-order valence-corrected chi connectivity index (χ1v) is 7.75. The van der Waals surface area contributed by atoms with E-state index in [9.17, 15) is 14.0 Å². The molecule has 6 heteroatoms. The molecule has 1 aromatic carbocycles. The van der Waals surface area contributed by atoms with Gasteiger partial charge in [0, 0.05) is 18.3 Å². The van der Waals surface area contributed by atoms with Crippen molar-refractivity contribution in [3.8, 4) is 6.07 Å². The molecule has 1 atom stereocenters. The number of likely N-dealkylation sites (tertiary alicyclic amines) is 1. The van der Waals surface area contributed by atoms with Crippen LogP contribution >= 0.6 is 0 Å². The Balaban J connectivity index is 1.90. The van der Waals surface area contributed by atoms with Crippen LogP contribution < -0.4 is 5.56 Å². The van der Waals surface area contributed by atoms with Gasteiger partial charge in [-0.25, -0.2) is 4.39 Å². The van der Waals surface area contributed by atoms with Gasteiger partial charge in [0.25, 0.3) is 11.5 Å². The molecule has 1 aliphatic heterocycles. The zero-order valence-corrected chi connectivity index (χ0v) is 13.0. The van der Waals surface area contributed by atoms with Crippen LogP contribution in [0.3, 0.4) is 0 Å². The summed E-state index contributed by atoms with van der Waals surface area (Å²) in [6.45, 7) is 0.527. The fourth-order valence-corrected chi connectivity index (χ4v) is 3.10. The van der Waals surface area contributed by atoms with Gasteiger partial charge in [0.1, 0.15) is 11.4 Å². The van der Waals surface area contributed by atoms with Crippen LogP contribution in [0.2, 0.25) is 0 Å². The number of rotatable bonds is 3. The van der Waals surface area contributed by atoms with Gasteiger partial charge >= 0.3 is 0 Å². The lowest BCUT2D eigenvalue weighted by atomic mass is 10.0. The van der Waals surface area contributed by atoms with Crippen molar-refractivity contribution in [2.24, 2.45) is 0 Å². The van der Waals surface area contributed by atoms with E-state index >= 15 is 0 Å². The van der Waals surface area contributed by atoms with E-state index in [1.165, 1.54) is 18.3 Å². The smallest absolute Gasteiger partial charge is 0.260 e. The molecular formula is C18H16FN3O2. The van der Waals surface area contributed by atoms with E-state index in [1.54, 1.807) is 23.1 Å². The van der Waals surface area contributed by atoms with E-state index in [0.717, 1.165) is 6.42 Å². The van der Waals surface area contributed by atoms with Crippen molar-refractivity contribution >= 4 is 5.91 Å². The highest BCUT2D eigenvalue weighted by Gasteiger charge is 2.32. The third kappa shape index (κ3) is 2.93. The number of halogens is 1. The van der Waals surface area contributed by atoms with Crippen LogP contribution in [0.5, 0.6) is 0 Å². The number of aromatic nitrogens is 1. The summed E-state index contributed by atoms with van der Waals surface area (Å²) in [5.41, 5.74) is 0.693. The zero-order chi connectivity index (χ0) is 17.1. The Labute approximate surface area is 138 Å². The lowest BCUT2D eigenvalue weighted by molar-refractivity contribution is 0.0733. The molecule has 0 radical (unpaired) electrons. The summed E-state index contributed by atoms with van der Waals surface area (Å²) in [5, 5.41) is 8.69. The second kappa shape index (κ2) is 6.67. The van der Waals surface area contributed by atoms with Crippen molar-refractivity contribution in [1.29, 1.82) is 5.26 Å². The van der Waals surface area contributed by atoms with Gasteiger partial charge < -0.3 is 9.88 Å². The predicted octanol–water partition coefficient (Wildman–Crippen LogP) is 2.56. The number of hydrogen-bond acceptors (Lipinski definition) is 3. The van der Waals surface area contributed by atoms with E-state index < -0.39 is 11.4 Å². The van der Waals surface area contributed by atoms with Crippen molar-refractivity contribution in [3.05, 3.63) is 69.4 Å². The quantitative estimate of drug-likeness (QED) is 0.942. The van der Waals surface area contributed by atoms with Crippen molar-refractivity contribution in [2.45, 2.75) is 25.3 Å². The number of carbonyl (C=O) groups excluding carboxylic acids is 1. The molecular weight excluding hydrogens is 309 g/mol. The van der Waals surface area contributed by atoms with Gasteiger partial charge in [-0.05, 0) is 36.6 Å². The van der Waals surface area contributed by atoms with Crippen LogP contribution in [0, 0.1) is 17.1 Å². The predicted molar refractivity (Wildman–Crippen MR) is 85.8 cm³/mol. The molecule has 122 valence electrons. The van der Waals surface area contributed by atoms with Crippen LogP contribution in [0.25, 0.3) is 0 Å². The maximum Gasteiger partial charge on any atom is 0.260 e. The van der Waals surface area contributed by atoms with E-state index in [-0.39, 0.29) is 23.9 Å². The first-order chi connectivity index (χ1) is 11.6. The highest BCUT2D eigenvalue weighted by atomic mass is 19.1. The van der Waals surface area contributed by atoms with Crippen LogP contribution in [0.4, 0.5) is 4.39 Å². The van der Waals surface area contributed by atoms with Gasteiger partial charge in [0.2, 0.25) is 0 Å². The second-order valence-electron chi connectivity index (χ2n) is 5.76. The highest BCUT2D eigenvalue weighted by molar-refractivity contribution is 5.94. The molecule has 0 saturated carbocycles. The number of aromatic amines is 1. The van der Waals surface area contributed by atoms with Crippen LogP contribution in [0.1, 0.15) is 40.4 Å². The largest absolute Gasteiger partial charge is 0.331 e. The molecule has 3 rings (SSSR count). The molecule has 2 heterocycles. The normalized spacial score (nSPS) is 16.8. The van der Waals surface area contributed by atoms with E-state index in [1.807, 2.05) is 6.07 Å². The first-order valence-electron chi connectivity index (χ1n) is 7.75. The average Bonchev–Trinajstić information content (AvgIpc) is 3.06. The third-order valence-electron chi connectivity index (χ3n) is 4.29. The van der Waals surface area contributed by atoms with E-state index in [2.05, 4.69) is 4.98 Å². The lowest BCUT2D eigenvalue weighted by Gasteiger charge is -2.25. The number of pyridine rings is 1. The third-order valence-corrected chi connectivity index (χ3v) is 4.29. The van der Waals surface area contributed by atoms with Crippen LogP contribution in [-0.2, 0) is 6.42 Å². The molecule has 1 aliphatic rings. The Morgan fingerprint density at radius 2 is 2.25 bits per heavy atom. The van der Waals surface area contributed by atoms with Crippen LogP contribution in [-0.4, -0.2) is 22.3 Å². The summed E-state index contributed by atoms with van der Waals surface area (Å²) < 4.78 is 14.1. The van der Waals surface area contributed by atoms with Crippen molar-refractivity contribution < 1.29 is 9.18 Å². The summed E-state index contributed by atoms with van der Waals surface area (Å²) in [7, 11) is 0. The second-order valence-corrected chi connectivity index (χ2v) is 5.76. The number of nitrogens with zero attached hydrogens (tertiary/aromatic N) is 2. The van der Waals surface area contributed by atoms with E-state index in [4.69, 9.17) is 5.26 Å². The van der Waals surface area contributed by atoms with Crippen LogP contribution in [0.15, 0.2) is 41.3 Å². The minimum absolute atomic E-state index is 0.0127. The first kappa shape index (κ1) is 15.9. The van der Waals surface area contributed by atoms with Crippen molar-refractivity contribution in [3.63, 3.8) is 0 Å². The lowest BCUT2D eigenvalue weighted by Crippen LogP contribution is -2.34. The minimum Gasteiger partial charge on any atom is -0.331 e. The minimum atomic E-state index is -0.439. The Hall–Kier alpha value is -2.94. The Morgan fingerprint density at radius 1 is 1.42 bits per heavy atom. The standard InChI is InChI=1S/C18H16FN3O2/c19-15-11-13(6-5-12(15)7-8-20)16-4-2-10-22(16)18(24)14-3-1-9-21-17(14)23/h1,3,5-6,9,11,16H,2,4,7,10H2,(H,21,23)/t16-/m1/s1. The summed E-state index contributed by atoms with van der Waals surface area (Å²) in [6, 6.07) is 9.49. The number of carbonyl (C=O) groups is 1. The zero-order valence-electron chi connectivity index (χ0n) is 13.0. The molecule has 0 unspecified atom stereocenters. The Kier molecular flexibility index (Phi) is 4.43. The van der Waals surface area contributed by atoms with E-state index in [0.29, 0.717) is 24.1 Å². The van der Waals surface area contributed by atoms with Gasteiger partial charge in [-0.1, -0.05) is 12.1 Å². The summed E-state index contributed by atoms with van der Waals surface area (Å²) >= 11 is 0. The number of nitriles is 1. The SMILES string of the molecule is N#CCc1ccc([C@H]2CCCN2C(=O)c2ccc[nH]c2=O)cc1F. The molecule has 0 aliphatic carbocycles. The van der Waals surface area contributed by atoms with Gasteiger partial charge in [-0.15, -0.1) is 0 Å². The maximum absolute atomic E-state index is 14.1. The maximum atomic E-state index is 14.1. The van der Waals surface area contributed by atoms with Crippen molar-refractivity contribution in [2.75, 3.05) is 6.54 Å². The fraction of sp³-hybridized carbons (Fsp3) is 0.278. The molecule has 2 aromatic rings. The molecule has 0 bridgehead atoms. The molecule has 5 nitrogen and oxygen atoms in total. The van der Waals surface area contributed by atoms with Gasteiger partial charge in [-0.3, -0.25) is 9.59 Å². The van der Waals surface area contributed by atoms with Gasteiger partial charge in [0.05, 0.1) is 18.5 Å². The molecule has 0 spiro atoms. The molecule has 1 saturated heterocycles. The number of amides is 1. The fourth-order valence-electron chi connectivity index (χ4n) is 3.10. The van der Waals surface area contributed by atoms with Gasteiger partial charge in [-0.2, -0.15) is 5.26 Å². The number of hydrogen-bond donors (Lipinski definition) is 1. The molecule has 1 aromatic heterocycles. The number of H-pyrrole nitrogens is 1. The Morgan fingerprint density at radius 3 is 2.96 bits per heavy atom. The summed E-state index contributed by atoms with van der Waals surface area (Å²) in [6.07, 6.45) is 3.00. The summed E-state index contributed by atoms with van der Waals surface area (Å²) in [4.78, 5) is 28.6. The summed E-state index contributed by atoms with van der Waals surface area (Å²) in [5.74, 6) is -0.785. The topological polar surface area (TPSA) is 77.0 Å². The highest BCUT2D eigenvalue weighted by Crippen LogP contribution is 2.33. The molecule has 24 heavy (non-hydrogen) atoms.